The summed E-state index contributed by atoms with van der Waals surface area (Å²) in [6.07, 6.45) is -2.21. The molecule has 0 bridgehead atoms. The van der Waals surface area contributed by atoms with Gasteiger partial charge in [-0.3, -0.25) is 0 Å². The van der Waals surface area contributed by atoms with Crippen molar-refractivity contribution in [3.8, 4) is 0 Å². The third-order valence-electron chi connectivity index (χ3n) is 1.58. The van der Waals surface area contributed by atoms with Crippen LogP contribution in [0.3, 0.4) is 0 Å². The highest BCUT2D eigenvalue weighted by Gasteiger charge is 2.34. The molecule has 0 saturated heterocycles. The van der Waals surface area contributed by atoms with Gasteiger partial charge in [-0.25, -0.2) is 4.79 Å². The summed E-state index contributed by atoms with van der Waals surface area (Å²) in [5.74, 6) is -1.38. The molecule has 0 aromatic carbocycles. The molecule has 0 rings (SSSR count). The maximum Gasteiger partial charge on any atom is 0.575 e. The summed E-state index contributed by atoms with van der Waals surface area (Å²) in [5.41, 5.74) is -0.129. The third kappa shape index (κ3) is 6.51. The van der Waals surface area contributed by atoms with Crippen LogP contribution >= 0.6 is 0 Å². The van der Waals surface area contributed by atoms with Crippen LogP contribution in [0, 0.1) is 0 Å². The summed E-state index contributed by atoms with van der Waals surface area (Å²) in [6, 6.07) is 0. The SMILES string of the molecule is C=C(CCCCC)C(=O)OC(F)(F)F. The van der Waals surface area contributed by atoms with Crippen LogP contribution in [0.25, 0.3) is 0 Å². The van der Waals surface area contributed by atoms with Crippen molar-refractivity contribution in [2.75, 3.05) is 0 Å². The minimum absolute atomic E-state index is 0.129. The van der Waals surface area contributed by atoms with Crippen molar-refractivity contribution in [3.63, 3.8) is 0 Å². The Hall–Kier alpha value is -1.00. The van der Waals surface area contributed by atoms with Gasteiger partial charge in [0.2, 0.25) is 0 Å². The van der Waals surface area contributed by atoms with E-state index in [1.165, 1.54) is 0 Å². The second-order valence-electron chi connectivity index (χ2n) is 2.90. The van der Waals surface area contributed by atoms with Crippen LogP contribution in [0.15, 0.2) is 12.2 Å². The fourth-order valence-corrected chi connectivity index (χ4v) is 0.868. The number of carbonyl (C=O) groups excluding carboxylic acids is 1. The fourth-order valence-electron chi connectivity index (χ4n) is 0.868. The van der Waals surface area contributed by atoms with Crippen LogP contribution in [0.4, 0.5) is 13.2 Å². The molecule has 0 N–H and O–H groups in total. The number of esters is 1. The van der Waals surface area contributed by atoms with Crippen molar-refractivity contribution in [1.29, 1.82) is 0 Å². The van der Waals surface area contributed by atoms with Crippen LogP contribution in [0.2, 0.25) is 0 Å². The summed E-state index contributed by atoms with van der Waals surface area (Å²) in [6.45, 7) is 5.19. The first kappa shape index (κ1) is 13.0. The number of hydrogen-bond acceptors (Lipinski definition) is 2. The van der Waals surface area contributed by atoms with Crippen molar-refractivity contribution in [1.82, 2.24) is 0 Å². The Balaban J connectivity index is 3.83. The van der Waals surface area contributed by atoms with Crippen molar-refractivity contribution in [2.45, 2.75) is 39.0 Å². The van der Waals surface area contributed by atoms with Crippen molar-refractivity contribution < 1.29 is 22.7 Å². The van der Waals surface area contributed by atoms with Crippen LogP contribution < -0.4 is 0 Å². The maximum atomic E-state index is 11.6. The van der Waals surface area contributed by atoms with Crippen LogP contribution in [0.1, 0.15) is 32.6 Å². The molecule has 0 saturated carbocycles. The molecule has 0 heterocycles. The number of alkyl halides is 3. The van der Waals surface area contributed by atoms with E-state index in [4.69, 9.17) is 0 Å². The summed E-state index contributed by atoms with van der Waals surface area (Å²) < 4.78 is 37.9. The summed E-state index contributed by atoms with van der Waals surface area (Å²) in [5, 5.41) is 0. The highest BCUT2D eigenvalue weighted by molar-refractivity contribution is 5.87. The van der Waals surface area contributed by atoms with Gasteiger partial charge < -0.3 is 4.74 Å². The molecule has 0 aromatic rings. The second kappa shape index (κ2) is 5.67. The van der Waals surface area contributed by atoms with E-state index in [0.717, 1.165) is 12.8 Å². The average Bonchev–Trinajstić information content (AvgIpc) is 2.01. The number of carbonyl (C=O) groups is 1. The number of halogens is 3. The molecular formula is C9H13F3O2. The van der Waals surface area contributed by atoms with Crippen molar-refractivity contribution >= 4 is 5.97 Å². The summed E-state index contributed by atoms with van der Waals surface area (Å²) in [7, 11) is 0. The highest BCUT2D eigenvalue weighted by Crippen LogP contribution is 2.19. The summed E-state index contributed by atoms with van der Waals surface area (Å²) in [4.78, 5) is 10.7. The Labute approximate surface area is 80.7 Å². The molecular weight excluding hydrogens is 197 g/mol. The molecule has 2 nitrogen and oxygen atoms in total. The monoisotopic (exact) mass is 210 g/mol. The predicted molar refractivity (Wildman–Crippen MR) is 45.4 cm³/mol. The molecule has 0 radical (unpaired) electrons. The molecule has 0 aliphatic carbocycles. The lowest BCUT2D eigenvalue weighted by Gasteiger charge is -2.08. The first-order chi connectivity index (χ1) is 6.37. The number of ether oxygens (including phenoxy) is 1. The zero-order valence-corrected chi connectivity index (χ0v) is 7.99. The van der Waals surface area contributed by atoms with E-state index >= 15 is 0 Å². The van der Waals surface area contributed by atoms with Gasteiger partial charge in [0, 0.05) is 5.57 Å². The van der Waals surface area contributed by atoms with Crippen LogP contribution in [-0.4, -0.2) is 12.3 Å². The molecule has 0 aliphatic heterocycles. The zero-order valence-electron chi connectivity index (χ0n) is 7.99. The van der Waals surface area contributed by atoms with Crippen molar-refractivity contribution in [2.24, 2.45) is 0 Å². The molecule has 5 heteroatoms. The Morgan fingerprint density at radius 3 is 2.36 bits per heavy atom. The lowest BCUT2D eigenvalue weighted by molar-refractivity contribution is -0.303. The van der Waals surface area contributed by atoms with E-state index in [1.54, 1.807) is 0 Å². The van der Waals surface area contributed by atoms with Gasteiger partial charge in [-0.05, 0) is 12.8 Å². The van der Waals surface area contributed by atoms with E-state index in [2.05, 4.69) is 11.3 Å². The highest BCUT2D eigenvalue weighted by atomic mass is 19.4. The summed E-state index contributed by atoms with van der Waals surface area (Å²) >= 11 is 0. The van der Waals surface area contributed by atoms with E-state index in [1.807, 2.05) is 6.92 Å². The minimum Gasteiger partial charge on any atom is -0.369 e. The first-order valence-corrected chi connectivity index (χ1v) is 4.34. The number of hydrogen-bond donors (Lipinski definition) is 0. The molecule has 0 aromatic heterocycles. The van der Waals surface area contributed by atoms with Gasteiger partial charge >= 0.3 is 12.3 Å². The van der Waals surface area contributed by atoms with Gasteiger partial charge in [-0.15, -0.1) is 13.2 Å². The normalized spacial score (nSPS) is 11.1. The topological polar surface area (TPSA) is 26.3 Å². The van der Waals surface area contributed by atoms with Gasteiger partial charge in [0.05, 0.1) is 0 Å². The molecule has 0 unspecified atom stereocenters. The second-order valence-corrected chi connectivity index (χ2v) is 2.90. The minimum atomic E-state index is -4.91. The van der Waals surface area contributed by atoms with Gasteiger partial charge in [-0.2, -0.15) is 0 Å². The molecule has 82 valence electrons. The zero-order chi connectivity index (χ0) is 11.2. The number of unbranched alkanes of at least 4 members (excludes halogenated alkanes) is 2. The quantitative estimate of drug-likeness (QED) is 0.395. The van der Waals surface area contributed by atoms with Gasteiger partial charge in [0.1, 0.15) is 0 Å². The first-order valence-electron chi connectivity index (χ1n) is 4.34. The maximum absolute atomic E-state index is 11.6. The van der Waals surface area contributed by atoms with E-state index in [0.29, 0.717) is 6.42 Å². The van der Waals surface area contributed by atoms with Crippen LogP contribution in [-0.2, 0) is 9.53 Å². The predicted octanol–water partition coefficient (Wildman–Crippen LogP) is 3.19. The van der Waals surface area contributed by atoms with Crippen LogP contribution in [0.5, 0.6) is 0 Å². The lowest BCUT2D eigenvalue weighted by atomic mass is 10.1. The average molecular weight is 210 g/mol. The third-order valence-corrected chi connectivity index (χ3v) is 1.58. The smallest absolute Gasteiger partial charge is 0.369 e. The Morgan fingerprint density at radius 1 is 1.36 bits per heavy atom. The standard InChI is InChI=1S/C9H13F3O2/c1-3-4-5-6-7(2)8(13)14-9(10,11)12/h2-6H2,1H3. The molecule has 0 atom stereocenters. The Morgan fingerprint density at radius 2 is 1.93 bits per heavy atom. The molecule has 0 amide bonds. The number of rotatable bonds is 5. The Kier molecular flexibility index (Phi) is 5.27. The van der Waals surface area contributed by atoms with Gasteiger partial charge in [0.15, 0.2) is 0 Å². The molecule has 0 spiro atoms. The van der Waals surface area contributed by atoms with Crippen molar-refractivity contribution in [3.05, 3.63) is 12.2 Å². The molecule has 0 fully saturated rings. The largest absolute Gasteiger partial charge is 0.575 e. The van der Waals surface area contributed by atoms with Gasteiger partial charge in [0.25, 0.3) is 0 Å². The Bertz CT molecular complexity index is 209. The van der Waals surface area contributed by atoms with E-state index in [9.17, 15) is 18.0 Å². The van der Waals surface area contributed by atoms with Gasteiger partial charge in [-0.1, -0.05) is 26.3 Å². The molecule has 0 aliphatic rings. The van der Waals surface area contributed by atoms with E-state index < -0.39 is 12.3 Å². The fraction of sp³-hybridized carbons (Fsp3) is 0.667. The molecule has 14 heavy (non-hydrogen) atoms. The lowest BCUT2D eigenvalue weighted by Crippen LogP contribution is -2.20. The van der Waals surface area contributed by atoms with E-state index in [-0.39, 0.29) is 12.0 Å².